The van der Waals surface area contributed by atoms with E-state index in [1.807, 2.05) is 37.3 Å². The topological polar surface area (TPSA) is 64.1 Å². The molecule has 0 aliphatic carbocycles. The van der Waals surface area contributed by atoms with Crippen LogP contribution in [-0.2, 0) is 4.74 Å². The van der Waals surface area contributed by atoms with Crippen molar-refractivity contribution in [3.05, 3.63) is 60.2 Å². The van der Waals surface area contributed by atoms with Gasteiger partial charge in [0.1, 0.15) is 6.10 Å². The van der Waals surface area contributed by atoms with Crippen LogP contribution >= 0.6 is 24.0 Å². The summed E-state index contributed by atoms with van der Waals surface area (Å²) in [4.78, 5) is 4.71. The predicted molar refractivity (Wildman–Crippen MR) is 136 cm³/mol. The summed E-state index contributed by atoms with van der Waals surface area (Å²) in [6, 6.07) is 18.1. The molecule has 2 aromatic rings. The van der Waals surface area contributed by atoms with Crippen LogP contribution in [0.15, 0.2) is 59.6 Å². The van der Waals surface area contributed by atoms with Crippen LogP contribution < -0.4 is 20.1 Å². The lowest BCUT2D eigenvalue weighted by molar-refractivity contribution is 0.0915. The van der Waals surface area contributed by atoms with E-state index < -0.39 is 0 Å². The second-order valence-corrected chi connectivity index (χ2v) is 7.43. The van der Waals surface area contributed by atoms with Gasteiger partial charge in [0.15, 0.2) is 17.5 Å². The predicted octanol–water partition coefficient (Wildman–Crippen LogP) is 4.41. The first-order valence-corrected chi connectivity index (χ1v) is 10.7. The van der Waals surface area contributed by atoms with Crippen LogP contribution in [0.1, 0.15) is 31.9 Å². The first-order chi connectivity index (χ1) is 14.7. The Morgan fingerprint density at radius 2 is 1.81 bits per heavy atom. The number of para-hydroxylation sites is 2. The first-order valence-electron chi connectivity index (χ1n) is 10.7. The third-order valence-corrected chi connectivity index (χ3v) is 5.12. The number of nitrogens with zero attached hydrogens (tertiary/aromatic N) is 1. The molecule has 31 heavy (non-hydrogen) atoms. The van der Waals surface area contributed by atoms with Gasteiger partial charge >= 0.3 is 0 Å². The van der Waals surface area contributed by atoms with Crippen molar-refractivity contribution in [3.63, 3.8) is 0 Å². The Morgan fingerprint density at radius 1 is 1.10 bits per heavy atom. The Kier molecular flexibility index (Phi) is 10.9. The number of halogens is 1. The summed E-state index contributed by atoms with van der Waals surface area (Å²) in [5.74, 6) is 2.67. The molecule has 1 saturated heterocycles. The molecule has 1 aliphatic rings. The molecule has 0 amide bonds. The van der Waals surface area contributed by atoms with Crippen molar-refractivity contribution < 1.29 is 14.2 Å². The average molecular weight is 539 g/mol. The van der Waals surface area contributed by atoms with Gasteiger partial charge in [0, 0.05) is 25.6 Å². The molecule has 1 heterocycles. The molecule has 3 unspecified atom stereocenters. The molecule has 0 bridgehead atoms. The van der Waals surface area contributed by atoms with E-state index in [1.165, 1.54) is 5.56 Å². The zero-order chi connectivity index (χ0) is 21.2. The zero-order valence-electron chi connectivity index (χ0n) is 18.5. The Bertz CT molecular complexity index is 804. The third-order valence-electron chi connectivity index (χ3n) is 5.12. The number of hydrogen-bond acceptors (Lipinski definition) is 4. The van der Waals surface area contributed by atoms with Gasteiger partial charge in [0.25, 0.3) is 0 Å². The third kappa shape index (κ3) is 7.57. The molecule has 0 saturated carbocycles. The number of hydrogen-bond donors (Lipinski definition) is 2. The molecule has 7 heteroatoms. The minimum Gasteiger partial charge on any atom is -0.493 e. The highest BCUT2D eigenvalue weighted by Gasteiger charge is 2.29. The molecule has 3 rings (SSSR count). The summed E-state index contributed by atoms with van der Waals surface area (Å²) in [5, 5.41) is 6.80. The summed E-state index contributed by atoms with van der Waals surface area (Å²) >= 11 is 0. The fourth-order valence-electron chi connectivity index (χ4n) is 3.61. The second kappa shape index (κ2) is 13.4. The summed E-state index contributed by atoms with van der Waals surface area (Å²) in [7, 11) is 1.65. The lowest BCUT2D eigenvalue weighted by Crippen LogP contribution is -2.40. The smallest absolute Gasteiger partial charge is 0.191 e. The van der Waals surface area contributed by atoms with Gasteiger partial charge in [-0.15, -0.1) is 24.0 Å². The zero-order valence-corrected chi connectivity index (χ0v) is 20.9. The van der Waals surface area contributed by atoms with Gasteiger partial charge in [0.2, 0.25) is 0 Å². The number of guanidine groups is 1. The van der Waals surface area contributed by atoms with Crippen molar-refractivity contribution in [1.82, 2.24) is 10.6 Å². The lowest BCUT2D eigenvalue weighted by atomic mass is 9.95. The second-order valence-electron chi connectivity index (χ2n) is 7.43. The number of ether oxygens (including phenoxy) is 3. The molecule has 0 aromatic heterocycles. The van der Waals surface area contributed by atoms with Crippen molar-refractivity contribution in [1.29, 1.82) is 0 Å². The fraction of sp³-hybridized carbons (Fsp3) is 0.458. The van der Waals surface area contributed by atoms with E-state index in [0.717, 1.165) is 43.6 Å². The first kappa shape index (κ1) is 25.3. The maximum Gasteiger partial charge on any atom is 0.191 e. The van der Waals surface area contributed by atoms with Gasteiger partial charge in [-0.25, -0.2) is 4.99 Å². The molecule has 1 aliphatic heterocycles. The van der Waals surface area contributed by atoms with E-state index >= 15 is 0 Å². The maximum absolute atomic E-state index is 6.01. The summed E-state index contributed by atoms with van der Waals surface area (Å²) < 4.78 is 17.4. The number of methoxy groups -OCH3 is 1. The van der Waals surface area contributed by atoms with E-state index in [0.29, 0.717) is 12.5 Å². The van der Waals surface area contributed by atoms with E-state index in [9.17, 15) is 0 Å². The van der Waals surface area contributed by atoms with Crippen LogP contribution in [0.25, 0.3) is 0 Å². The van der Waals surface area contributed by atoms with E-state index in [2.05, 4.69) is 41.8 Å². The lowest BCUT2D eigenvalue weighted by Gasteiger charge is -2.21. The minimum atomic E-state index is -0.0800. The number of rotatable bonds is 9. The molecular weight excluding hydrogens is 505 g/mol. The highest BCUT2D eigenvalue weighted by atomic mass is 127. The fourth-order valence-corrected chi connectivity index (χ4v) is 3.61. The van der Waals surface area contributed by atoms with Crippen LogP contribution in [-0.4, -0.2) is 45.4 Å². The van der Waals surface area contributed by atoms with Crippen molar-refractivity contribution in [3.8, 4) is 11.5 Å². The SMILES string of the molecule is CCNC(=NCC(C)Oc1ccccc1OC)NCC1CCOC1c1ccccc1.I. The van der Waals surface area contributed by atoms with Gasteiger partial charge in [-0.2, -0.15) is 0 Å². The Labute approximate surface area is 202 Å². The standard InChI is InChI=1S/C24H33N3O3.HI/c1-4-25-24(26-16-18(2)30-22-13-9-8-12-21(22)28-3)27-17-20-14-15-29-23(20)19-10-6-5-7-11-19;/h5-13,18,20,23H,4,14-17H2,1-3H3,(H2,25,26,27);1H. The Hall–Kier alpha value is -2.00. The molecular formula is C24H34IN3O3. The number of benzene rings is 2. The van der Waals surface area contributed by atoms with Crippen LogP contribution in [0.4, 0.5) is 0 Å². The van der Waals surface area contributed by atoms with Gasteiger partial charge in [-0.3, -0.25) is 0 Å². The van der Waals surface area contributed by atoms with Crippen molar-refractivity contribution in [2.45, 2.75) is 32.5 Å². The maximum atomic E-state index is 6.01. The van der Waals surface area contributed by atoms with E-state index in [1.54, 1.807) is 7.11 Å². The number of nitrogens with one attached hydrogen (secondary N) is 2. The van der Waals surface area contributed by atoms with Gasteiger partial charge < -0.3 is 24.8 Å². The van der Waals surface area contributed by atoms with Gasteiger partial charge in [-0.05, 0) is 38.0 Å². The summed E-state index contributed by atoms with van der Waals surface area (Å²) in [5.41, 5.74) is 1.24. The molecule has 1 fully saturated rings. The van der Waals surface area contributed by atoms with E-state index in [4.69, 9.17) is 19.2 Å². The molecule has 170 valence electrons. The van der Waals surface area contributed by atoms with Crippen LogP contribution in [0.5, 0.6) is 11.5 Å². The quantitative estimate of drug-likeness (QED) is 0.281. The highest BCUT2D eigenvalue weighted by Crippen LogP contribution is 2.33. The molecule has 2 N–H and O–H groups in total. The van der Waals surface area contributed by atoms with Crippen molar-refractivity contribution in [2.24, 2.45) is 10.9 Å². The Morgan fingerprint density at radius 3 is 2.52 bits per heavy atom. The highest BCUT2D eigenvalue weighted by molar-refractivity contribution is 14.0. The Balaban J connectivity index is 0.00000341. The van der Waals surface area contributed by atoms with Crippen molar-refractivity contribution in [2.75, 3.05) is 33.4 Å². The molecule has 0 radical (unpaired) electrons. The molecule has 2 aromatic carbocycles. The summed E-state index contributed by atoms with van der Waals surface area (Å²) in [6.45, 7) is 7.03. The van der Waals surface area contributed by atoms with Crippen molar-refractivity contribution >= 4 is 29.9 Å². The average Bonchev–Trinajstić information content (AvgIpc) is 3.25. The monoisotopic (exact) mass is 539 g/mol. The number of aliphatic imine (C=N–C) groups is 1. The normalized spacial score (nSPS) is 19.3. The van der Waals surface area contributed by atoms with Gasteiger partial charge in [0.05, 0.1) is 19.8 Å². The minimum absolute atomic E-state index is 0. The van der Waals surface area contributed by atoms with E-state index in [-0.39, 0.29) is 36.2 Å². The summed E-state index contributed by atoms with van der Waals surface area (Å²) in [6.07, 6.45) is 1.09. The van der Waals surface area contributed by atoms with Crippen LogP contribution in [0.2, 0.25) is 0 Å². The molecule has 0 spiro atoms. The van der Waals surface area contributed by atoms with Gasteiger partial charge in [-0.1, -0.05) is 42.5 Å². The van der Waals surface area contributed by atoms with Crippen LogP contribution in [0.3, 0.4) is 0 Å². The van der Waals surface area contributed by atoms with Crippen LogP contribution in [0, 0.1) is 5.92 Å². The largest absolute Gasteiger partial charge is 0.493 e. The molecule has 3 atom stereocenters. The molecule has 6 nitrogen and oxygen atoms in total.